The third-order valence-electron chi connectivity index (χ3n) is 4.04. The zero-order valence-corrected chi connectivity index (χ0v) is 14.4. The molecule has 2 N–H and O–H groups in total. The van der Waals surface area contributed by atoms with Crippen LogP contribution in [-0.2, 0) is 6.54 Å². The van der Waals surface area contributed by atoms with Gasteiger partial charge >= 0.3 is 0 Å². The van der Waals surface area contributed by atoms with E-state index in [0.29, 0.717) is 39.1 Å². The van der Waals surface area contributed by atoms with Crippen molar-refractivity contribution in [2.75, 3.05) is 10.6 Å². The van der Waals surface area contributed by atoms with E-state index < -0.39 is 0 Å². The molecular formula is C18H12Cl2N4O. The van der Waals surface area contributed by atoms with Crippen LogP contribution in [0.1, 0.15) is 16.1 Å². The van der Waals surface area contributed by atoms with Gasteiger partial charge in [0.25, 0.3) is 5.91 Å². The highest BCUT2D eigenvalue weighted by Gasteiger charge is 2.34. The Morgan fingerprint density at radius 2 is 1.72 bits per heavy atom. The lowest BCUT2D eigenvalue weighted by Crippen LogP contribution is -2.23. The van der Waals surface area contributed by atoms with Crippen LogP contribution in [0, 0.1) is 0 Å². The van der Waals surface area contributed by atoms with Gasteiger partial charge < -0.3 is 10.6 Å². The number of halogens is 2. The average molecular weight is 371 g/mol. The molecule has 0 unspecified atom stereocenters. The van der Waals surface area contributed by atoms with Crippen molar-refractivity contribution >= 4 is 40.7 Å². The molecular weight excluding hydrogens is 359 g/mol. The number of nitrogens with zero attached hydrogens (tertiary/aromatic N) is 3. The monoisotopic (exact) mass is 370 g/mol. The molecule has 0 bridgehead atoms. The first-order valence-electron chi connectivity index (χ1n) is 7.53. The van der Waals surface area contributed by atoms with Crippen molar-refractivity contribution in [3.8, 4) is 11.3 Å². The third kappa shape index (κ3) is 2.71. The SMILES string of the molecule is Nc1nc2c(c(-c3ccc(Cl)cc3Cl)n1)CN(c1ccccc1)C2=O. The average Bonchev–Trinajstić information content (AvgIpc) is 2.92. The number of hydrogen-bond donors (Lipinski definition) is 1. The molecule has 0 spiro atoms. The fourth-order valence-electron chi connectivity index (χ4n) is 2.91. The second-order valence-corrected chi connectivity index (χ2v) is 6.45. The molecule has 4 rings (SSSR count). The Labute approximate surface area is 154 Å². The summed E-state index contributed by atoms with van der Waals surface area (Å²) in [6.07, 6.45) is 0. The van der Waals surface area contributed by atoms with E-state index in [1.54, 1.807) is 23.1 Å². The number of rotatable bonds is 2. The van der Waals surface area contributed by atoms with E-state index in [0.717, 1.165) is 5.69 Å². The summed E-state index contributed by atoms with van der Waals surface area (Å²) in [6.45, 7) is 0.354. The van der Waals surface area contributed by atoms with Gasteiger partial charge in [-0.15, -0.1) is 0 Å². The zero-order valence-electron chi connectivity index (χ0n) is 12.9. The van der Waals surface area contributed by atoms with Crippen molar-refractivity contribution < 1.29 is 4.79 Å². The van der Waals surface area contributed by atoms with Gasteiger partial charge in [-0.3, -0.25) is 4.79 Å². The van der Waals surface area contributed by atoms with Gasteiger partial charge in [-0.25, -0.2) is 9.97 Å². The molecule has 1 aliphatic heterocycles. The van der Waals surface area contributed by atoms with Gasteiger partial charge in [0.05, 0.1) is 17.3 Å². The Morgan fingerprint density at radius 3 is 2.44 bits per heavy atom. The molecule has 1 amide bonds. The topological polar surface area (TPSA) is 72.1 Å². The second kappa shape index (κ2) is 6.02. The van der Waals surface area contributed by atoms with Crippen molar-refractivity contribution in [2.45, 2.75) is 6.54 Å². The predicted octanol–water partition coefficient (Wildman–Crippen LogP) is 4.19. The zero-order chi connectivity index (χ0) is 17.6. The maximum atomic E-state index is 12.8. The molecule has 25 heavy (non-hydrogen) atoms. The molecule has 7 heteroatoms. The van der Waals surface area contributed by atoms with Crippen molar-refractivity contribution in [1.82, 2.24) is 9.97 Å². The maximum Gasteiger partial charge on any atom is 0.277 e. The smallest absolute Gasteiger partial charge is 0.277 e. The molecule has 0 saturated heterocycles. The summed E-state index contributed by atoms with van der Waals surface area (Å²) in [4.78, 5) is 22.9. The number of aromatic nitrogens is 2. The number of fused-ring (bicyclic) bond motifs is 1. The Bertz CT molecular complexity index is 992. The van der Waals surface area contributed by atoms with Crippen LogP contribution in [0.3, 0.4) is 0 Å². The van der Waals surface area contributed by atoms with E-state index in [9.17, 15) is 4.79 Å². The molecule has 124 valence electrons. The minimum Gasteiger partial charge on any atom is -0.368 e. The third-order valence-corrected chi connectivity index (χ3v) is 4.59. The molecule has 0 saturated carbocycles. The number of amides is 1. The summed E-state index contributed by atoms with van der Waals surface area (Å²) in [6, 6.07) is 14.5. The largest absolute Gasteiger partial charge is 0.368 e. The molecule has 0 radical (unpaired) electrons. The standard InChI is InChI=1S/C18H12Cl2N4O/c19-10-6-7-12(14(20)8-10)15-13-9-24(11-4-2-1-3-5-11)17(25)16(13)23-18(21)22-15/h1-8H,9H2,(H2,21,22,23). The lowest BCUT2D eigenvalue weighted by molar-refractivity contribution is 0.0992. The Hall–Kier alpha value is -2.63. The van der Waals surface area contributed by atoms with E-state index in [1.807, 2.05) is 30.3 Å². The van der Waals surface area contributed by atoms with Crippen molar-refractivity contribution in [1.29, 1.82) is 0 Å². The molecule has 5 nitrogen and oxygen atoms in total. The lowest BCUT2D eigenvalue weighted by atomic mass is 10.1. The van der Waals surface area contributed by atoms with E-state index >= 15 is 0 Å². The number of carbonyl (C=O) groups is 1. The Balaban J connectivity index is 1.87. The van der Waals surface area contributed by atoms with Crippen LogP contribution in [0.15, 0.2) is 48.5 Å². The molecule has 2 aromatic carbocycles. The van der Waals surface area contributed by atoms with Gasteiger partial charge in [-0.1, -0.05) is 41.4 Å². The summed E-state index contributed by atoms with van der Waals surface area (Å²) in [5, 5.41) is 0.966. The molecule has 1 aromatic heterocycles. The number of carbonyl (C=O) groups excluding carboxylic acids is 1. The Kier molecular flexibility index (Phi) is 3.82. The van der Waals surface area contributed by atoms with E-state index in [1.165, 1.54) is 0 Å². The minimum atomic E-state index is -0.207. The fraction of sp³-hybridized carbons (Fsp3) is 0.0556. The number of benzene rings is 2. The number of hydrogen-bond acceptors (Lipinski definition) is 4. The van der Waals surface area contributed by atoms with Crippen LogP contribution in [-0.4, -0.2) is 15.9 Å². The molecule has 1 aliphatic rings. The van der Waals surface area contributed by atoms with Crippen LogP contribution in [0.4, 0.5) is 11.6 Å². The quantitative estimate of drug-likeness (QED) is 0.733. The highest BCUT2D eigenvalue weighted by atomic mass is 35.5. The van der Waals surface area contributed by atoms with E-state index in [-0.39, 0.29) is 11.9 Å². The molecule has 3 aromatic rings. The number of anilines is 2. The van der Waals surface area contributed by atoms with Gasteiger partial charge in [0.2, 0.25) is 5.95 Å². The highest BCUT2D eigenvalue weighted by molar-refractivity contribution is 6.36. The first-order valence-corrected chi connectivity index (χ1v) is 8.29. The van der Waals surface area contributed by atoms with Crippen LogP contribution in [0.5, 0.6) is 0 Å². The molecule has 2 heterocycles. The van der Waals surface area contributed by atoms with Crippen molar-refractivity contribution in [3.63, 3.8) is 0 Å². The molecule has 0 aliphatic carbocycles. The van der Waals surface area contributed by atoms with Crippen molar-refractivity contribution in [3.05, 3.63) is 69.8 Å². The van der Waals surface area contributed by atoms with E-state index in [2.05, 4.69) is 9.97 Å². The van der Waals surface area contributed by atoms with Gasteiger partial charge in [-0.2, -0.15) is 0 Å². The van der Waals surface area contributed by atoms with Gasteiger partial charge in [0.1, 0.15) is 5.69 Å². The van der Waals surface area contributed by atoms with E-state index in [4.69, 9.17) is 28.9 Å². The van der Waals surface area contributed by atoms with Crippen LogP contribution < -0.4 is 10.6 Å². The number of para-hydroxylation sites is 1. The summed E-state index contributed by atoms with van der Waals surface area (Å²) >= 11 is 12.3. The maximum absolute atomic E-state index is 12.8. The summed E-state index contributed by atoms with van der Waals surface area (Å²) < 4.78 is 0. The lowest BCUT2D eigenvalue weighted by Gasteiger charge is -2.15. The fourth-order valence-corrected chi connectivity index (χ4v) is 3.40. The van der Waals surface area contributed by atoms with Gasteiger partial charge in [0.15, 0.2) is 0 Å². The van der Waals surface area contributed by atoms with Gasteiger partial charge in [-0.05, 0) is 30.3 Å². The molecule has 0 atom stereocenters. The van der Waals surface area contributed by atoms with Crippen LogP contribution in [0.2, 0.25) is 10.0 Å². The number of nitrogen functional groups attached to an aromatic ring is 1. The first-order chi connectivity index (χ1) is 12.0. The number of nitrogens with two attached hydrogens (primary N) is 1. The summed E-state index contributed by atoms with van der Waals surface area (Å²) in [7, 11) is 0. The predicted molar refractivity (Wildman–Crippen MR) is 98.9 cm³/mol. The minimum absolute atomic E-state index is 0.0306. The Morgan fingerprint density at radius 1 is 1.00 bits per heavy atom. The summed E-state index contributed by atoms with van der Waals surface area (Å²) in [5.41, 5.74) is 8.84. The van der Waals surface area contributed by atoms with Gasteiger partial charge in [0, 0.05) is 21.8 Å². The second-order valence-electron chi connectivity index (χ2n) is 5.61. The normalized spacial score (nSPS) is 13.2. The van der Waals surface area contributed by atoms with Crippen LogP contribution >= 0.6 is 23.2 Å². The first kappa shape index (κ1) is 15.9. The van der Waals surface area contributed by atoms with Crippen LogP contribution in [0.25, 0.3) is 11.3 Å². The van der Waals surface area contributed by atoms with Crippen molar-refractivity contribution in [2.24, 2.45) is 0 Å². The molecule has 0 fully saturated rings. The highest BCUT2D eigenvalue weighted by Crippen LogP contribution is 2.37. The summed E-state index contributed by atoms with van der Waals surface area (Å²) in [5.74, 6) is -0.176.